The van der Waals surface area contributed by atoms with Crippen LogP contribution in [-0.2, 0) is 22.6 Å². The van der Waals surface area contributed by atoms with Crippen molar-refractivity contribution in [3.8, 4) is 11.5 Å². The third-order valence-corrected chi connectivity index (χ3v) is 2.91. The number of esters is 1. The fraction of sp³-hybridized carbons (Fsp3) is 0.357. The molecule has 0 aliphatic carbocycles. The van der Waals surface area contributed by atoms with E-state index in [9.17, 15) is 4.79 Å². The Kier molecular flexibility index (Phi) is 5.14. The van der Waals surface area contributed by atoms with Crippen LogP contribution in [0, 0.1) is 0 Å². The number of aryl methyl sites for hydroxylation is 1. The molecule has 1 aromatic carbocycles. The molecule has 0 aliphatic heterocycles. The number of nitrogens with zero attached hydrogens (tertiary/aromatic N) is 2. The second-order valence-electron chi connectivity index (χ2n) is 4.27. The highest BCUT2D eigenvalue weighted by Crippen LogP contribution is 2.24. The van der Waals surface area contributed by atoms with Gasteiger partial charge in [-0.2, -0.15) is 5.10 Å². The molecule has 7 nitrogen and oxygen atoms in total. The number of H-pyrrole nitrogens is 1. The highest BCUT2D eigenvalue weighted by atomic mass is 16.5. The van der Waals surface area contributed by atoms with Crippen molar-refractivity contribution in [3.63, 3.8) is 0 Å². The quantitative estimate of drug-likeness (QED) is 0.778. The summed E-state index contributed by atoms with van der Waals surface area (Å²) in [7, 11) is 3.14. The lowest BCUT2D eigenvalue weighted by Crippen LogP contribution is -2.07. The van der Waals surface area contributed by atoms with Crippen molar-refractivity contribution in [2.45, 2.75) is 19.4 Å². The largest absolute Gasteiger partial charge is 0.497 e. The minimum atomic E-state index is -0.309. The van der Waals surface area contributed by atoms with Crippen LogP contribution in [0.5, 0.6) is 11.5 Å². The number of rotatable bonds is 7. The Hall–Kier alpha value is -2.57. The Balaban J connectivity index is 1.88. The van der Waals surface area contributed by atoms with E-state index in [2.05, 4.69) is 15.2 Å². The molecule has 0 unspecified atom stereocenters. The Morgan fingerprint density at radius 3 is 2.81 bits per heavy atom. The number of hydrogen-bond acceptors (Lipinski definition) is 6. The number of aromatic nitrogens is 3. The van der Waals surface area contributed by atoms with Gasteiger partial charge in [-0.15, -0.1) is 0 Å². The van der Waals surface area contributed by atoms with Crippen molar-refractivity contribution in [2.24, 2.45) is 0 Å². The molecule has 2 aromatic rings. The van der Waals surface area contributed by atoms with E-state index in [0.717, 1.165) is 5.56 Å². The van der Waals surface area contributed by atoms with Crippen LogP contribution in [0.15, 0.2) is 24.5 Å². The Morgan fingerprint density at radius 1 is 1.29 bits per heavy atom. The number of ether oxygens (including phenoxy) is 3. The molecule has 2 rings (SSSR count). The summed E-state index contributed by atoms with van der Waals surface area (Å²) in [6.07, 6.45) is 2.11. The summed E-state index contributed by atoms with van der Waals surface area (Å²) in [6.45, 7) is 0.135. The average Bonchev–Trinajstić information content (AvgIpc) is 3.04. The van der Waals surface area contributed by atoms with E-state index in [4.69, 9.17) is 14.2 Å². The van der Waals surface area contributed by atoms with Crippen LogP contribution < -0.4 is 9.47 Å². The van der Waals surface area contributed by atoms with Crippen molar-refractivity contribution in [3.05, 3.63) is 35.9 Å². The van der Waals surface area contributed by atoms with Crippen molar-refractivity contribution >= 4 is 5.97 Å². The van der Waals surface area contributed by atoms with Crippen molar-refractivity contribution in [2.75, 3.05) is 14.2 Å². The maximum atomic E-state index is 11.7. The van der Waals surface area contributed by atoms with Gasteiger partial charge in [-0.3, -0.25) is 9.89 Å². The predicted molar refractivity (Wildman–Crippen MR) is 74.0 cm³/mol. The fourth-order valence-corrected chi connectivity index (χ4v) is 1.80. The highest BCUT2D eigenvalue weighted by Gasteiger charge is 2.09. The maximum absolute atomic E-state index is 11.7. The minimum absolute atomic E-state index is 0.135. The van der Waals surface area contributed by atoms with Gasteiger partial charge in [-0.25, -0.2) is 4.98 Å². The Labute approximate surface area is 122 Å². The van der Waals surface area contributed by atoms with E-state index < -0.39 is 0 Å². The van der Waals surface area contributed by atoms with E-state index >= 15 is 0 Å². The summed E-state index contributed by atoms with van der Waals surface area (Å²) in [5.74, 6) is 1.68. The molecule has 0 fully saturated rings. The van der Waals surface area contributed by atoms with Crippen LogP contribution in [-0.4, -0.2) is 35.4 Å². The van der Waals surface area contributed by atoms with Crippen LogP contribution >= 0.6 is 0 Å². The zero-order valence-corrected chi connectivity index (χ0v) is 12.0. The molecule has 0 amide bonds. The van der Waals surface area contributed by atoms with Crippen molar-refractivity contribution in [1.82, 2.24) is 15.2 Å². The van der Waals surface area contributed by atoms with E-state index in [1.807, 2.05) is 0 Å². The van der Waals surface area contributed by atoms with Gasteiger partial charge in [0.05, 0.1) is 20.6 Å². The Morgan fingerprint density at radius 2 is 2.14 bits per heavy atom. The second kappa shape index (κ2) is 7.28. The summed E-state index contributed by atoms with van der Waals surface area (Å²) in [5, 5.41) is 6.41. The third kappa shape index (κ3) is 4.20. The maximum Gasteiger partial charge on any atom is 0.306 e. The molecule has 21 heavy (non-hydrogen) atoms. The fourth-order valence-electron chi connectivity index (χ4n) is 1.80. The lowest BCUT2D eigenvalue weighted by Gasteiger charge is -2.10. The van der Waals surface area contributed by atoms with Crippen molar-refractivity contribution in [1.29, 1.82) is 0 Å². The van der Waals surface area contributed by atoms with Gasteiger partial charge >= 0.3 is 5.97 Å². The van der Waals surface area contributed by atoms with Gasteiger partial charge in [0, 0.05) is 12.0 Å². The lowest BCUT2D eigenvalue weighted by molar-refractivity contribution is -0.144. The molecule has 1 aromatic heterocycles. The average molecular weight is 291 g/mol. The van der Waals surface area contributed by atoms with E-state index in [0.29, 0.717) is 23.7 Å². The zero-order valence-electron chi connectivity index (χ0n) is 12.0. The summed E-state index contributed by atoms with van der Waals surface area (Å²) in [6, 6.07) is 5.34. The number of hydrogen-bond donors (Lipinski definition) is 1. The Bertz CT molecular complexity index is 584. The van der Waals surface area contributed by atoms with Gasteiger partial charge in [0.2, 0.25) is 0 Å². The van der Waals surface area contributed by atoms with Gasteiger partial charge in [-0.1, -0.05) is 0 Å². The first-order chi connectivity index (χ1) is 10.2. The molecule has 7 heteroatoms. The molecule has 0 saturated heterocycles. The minimum Gasteiger partial charge on any atom is -0.497 e. The van der Waals surface area contributed by atoms with Crippen LogP contribution in [0.1, 0.15) is 17.8 Å². The van der Waals surface area contributed by atoms with Gasteiger partial charge in [0.25, 0.3) is 0 Å². The molecule has 0 spiro atoms. The van der Waals surface area contributed by atoms with Gasteiger partial charge < -0.3 is 14.2 Å². The van der Waals surface area contributed by atoms with Gasteiger partial charge in [0.1, 0.15) is 30.3 Å². The number of nitrogens with one attached hydrogen (secondary N) is 1. The molecule has 0 aliphatic rings. The SMILES string of the molecule is COc1ccc(OC)c(COC(=O)CCc2ncn[nH]2)c1. The van der Waals surface area contributed by atoms with Gasteiger partial charge in [0.15, 0.2) is 0 Å². The number of benzene rings is 1. The third-order valence-electron chi connectivity index (χ3n) is 2.91. The van der Waals surface area contributed by atoms with Crippen LogP contribution in [0.25, 0.3) is 0 Å². The number of carbonyl (C=O) groups excluding carboxylic acids is 1. The summed E-state index contributed by atoms with van der Waals surface area (Å²) in [4.78, 5) is 15.7. The molecule has 0 saturated carbocycles. The standard InChI is InChI=1S/C14H17N3O4/c1-19-11-3-4-12(20-2)10(7-11)8-21-14(18)6-5-13-15-9-16-17-13/h3-4,7,9H,5-6,8H2,1-2H3,(H,15,16,17). The summed E-state index contributed by atoms with van der Waals surface area (Å²) >= 11 is 0. The smallest absolute Gasteiger partial charge is 0.306 e. The lowest BCUT2D eigenvalue weighted by atomic mass is 10.2. The second-order valence-corrected chi connectivity index (χ2v) is 4.27. The zero-order chi connectivity index (χ0) is 15.1. The van der Waals surface area contributed by atoms with Crippen molar-refractivity contribution < 1.29 is 19.0 Å². The summed E-state index contributed by atoms with van der Waals surface area (Å²) in [5.41, 5.74) is 0.755. The number of methoxy groups -OCH3 is 2. The normalized spacial score (nSPS) is 10.2. The molecular weight excluding hydrogens is 274 g/mol. The van der Waals surface area contributed by atoms with E-state index in [-0.39, 0.29) is 19.0 Å². The molecule has 1 heterocycles. The number of carbonyl (C=O) groups is 1. The van der Waals surface area contributed by atoms with E-state index in [1.165, 1.54) is 6.33 Å². The molecule has 0 bridgehead atoms. The molecule has 0 radical (unpaired) electrons. The highest BCUT2D eigenvalue weighted by molar-refractivity contribution is 5.69. The molecule has 0 atom stereocenters. The van der Waals surface area contributed by atoms with Crippen LogP contribution in [0.3, 0.4) is 0 Å². The van der Waals surface area contributed by atoms with E-state index in [1.54, 1.807) is 32.4 Å². The summed E-state index contributed by atoms with van der Waals surface area (Å²) < 4.78 is 15.6. The molecule has 112 valence electrons. The monoisotopic (exact) mass is 291 g/mol. The predicted octanol–water partition coefficient (Wildman–Crippen LogP) is 1.50. The first-order valence-electron chi connectivity index (χ1n) is 6.43. The molecular formula is C14H17N3O4. The van der Waals surface area contributed by atoms with Gasteiger partial charge in [-0.05, 0) is 18.2 Å². The first kappa shape index (κ1) is 14.8. The number of aromatic amines is 1. The van der Waals surface area contributed by atoms with Crippen LogP contribution in [0.2, 0.25) is 0 Å². The first-order valence-corrected chi connectivity index (χ1v) is 6.43. The molecule has 1 N–H and O–H groups in total. The topological polar surface area (TPSA) is 86.3 Å². The van der Waals surface area contributed by atoms with Crippen LogP contribution in [0.4, 0.5) is 0 Å².